The number of amides is 1. The maximum absolute atomic E-state index is 14.6. The number of nitrogens with one attached hydrogen (secondary N) is 1. The normalized spacial score (nSPS) is 13.4. The molecule has 0 atom stereocenters. The van der Waals surface area contributed by atoms with Gasteiger partial charge in [-0.3, -0.25) is 9.78 Å². The quantitative estimate of drug-likeness (QED) is 0.482. The van der Waals surface area contributed by atoms with Gasteiger partial charge in [0.25, 0.3) is 5.91 Å². The Bertz CT molecular complexity index is 1360. The first kappa shape index (κ1) is 21.1. The first-order valence-corrected chi connectivity index (χ1v) is 11.0. The Morgan fingerprint density at radius 3 is 2.82 bits per heavy atom. The molecule has 4 aromatic rings. The molecule has 2 aromatic carbocycles. The topological polar surface area (TPSA) is 81.9 Å². The number of halogens is 1. The smallest absolute Gasteiger partial charge is 0.257 e. The van der Waals surface area contributed by atoms with Gasteiger partial charge in [-0.2, -0.15) is 0 Å². The Hall–Kier alpha value is -3.81. The van der Waals surface area contributed by atoms with Crippen LogP contribution < -0.4 is 10.1 Å². The third-order valence-electron chi connectivity index (χ3n) is 6.04. The van der Waals surface area contributed by atoms with Gasteiger partial charge in [-0.05, 0) is 56.2 Å². The molecular weight excluding hydrogens is 421 g/mol. The number of hydrogen-bond donors (Lipinski definition) is 1. The maximum atomic E-state index is 14.6. The Kier molecular flexibility index (Phi) is 5.50. The molecule has 0 aliphatic carbocycles. The van der Waals surface area contributed by atoms with Crippen LogP contribution >= 0.6 is 0 Å². The van der Waals surface area contributed by atoms with E-state index in [-0.39, 0.29) is 5.69 Å². The number of aryl methyl sites for hydroxylation is 2. The molecule has 3 heterocycles. The average molecular weight is 445 g/mol. The number of aromatic nitrogens is 4. The van der Waals surface area contributed by atoms with E-state index in [0.717, 1.165) is 49.0 Å². The van der Waals surface area contributed by atoms with Gasteiger partial charge < -0.3 is 14.6 Å². The third-order valence-corrected chi connectivity index (χ3v) is 6.04. The maximum Gasteiger partial charge on any atom is 0.257 e. The molecule has 0 spiro atoms. The van der Waals surface area contributed by atoms with Crippen LogP contribution in [0.3, 0.4) is 0 Å². The van der Waals surface area contributed by atoms with Crippen LogP contribution in [-0.4, -0.2) is 32.8 Å². The first-order chi connectivity index (χ1) is 16.0. The molecule has 0 radical (unpaired) electrons. The summed E-state index contributed by atoms with van der Waals surface area (Å²) in [6.45, 7) is 2.59. The molecule has 1 N–H and O–H groups in total. The van der Waals surface area contributed by atoms with Crippen LogP contribution in [0.2, 0.25) is 0 Å². The molecule has 1 aliphatic heterocycles. The summed E-state index contributed by atoms with van der Waals surface area (Å²) in [5, 5.41) is 12.2. The zero-order valence-electron chi connectivity index (χ0n) is 18.6. The van der Waals surface area contributed by atoms with Crippen LogP contribution in [0.4, 0.5) is 10.1 Å². The van der Waals surface area contributed by atoms with Gasteiger partial charge in [-0.25, -0.2) is 4.39 Å². The fourth-order valence-corrected chi connectivity index (χ4v) is 4.25. The zero-order chi connectivity index (χ0) is 22.9. The third kappa shape index (κ3) is 4.04. The van der Waals surface area contributed by atoms with Crippen molar-refractivity contribution in [2.24, 2.45) is 0 Å². The number of ether oxygens (including phenoxy) is 1. The predicted molar refractivity (Wildman–Crippen MR) is 124 cm³/mol. The van der Waals surface area contributed by atoms with Crippen molar-refractivity contribution in [1.82, 2.24) is 19.7 Å². The minimum absolute atomic E-state index is 0.0951. The number of carbonyl (C=O) groups is 1. The second kappa shape index (κ2) is 8.61. The van der Waals surface area contributed by atoms with E-state index >= 15 is 0 Å². The number of pyridine rings is 1. The molecule has 0 bridgehead atoms. The highest BCUT2D eigenvalue weighted by molar-refractivity contribution is 6.07. The highest BCUT2D eigenvalue weighted by Crippen LogP contribution is 2.28. The predicted octanol–water partition coefficient (Wildman–Crippen LogP) is 4.93. The Morgan fingerprint density at radius 1 is 1.09 bits per heavy atom. The zero-order valence-corrected chi connectivity index (χ0v) is 18.6. The van der Waals surface area contributed by atoms with Crippen molar-refractivity contribution < 1.29 is 13.9 Å². The minimum atomic E-state index is -0.515. The van der Waals surface area contributed by atoms with Crippen molar-refractivity contribution in [2.75, 3.05) is 12.4 Å². The van der Waals surface area contributed by atoms with Crippen molar-refractivity contribution in [3.05, 3.63) is 65.4 Å². The summed E-state index contributed by atoms with van der Waals surface area (Å²) in [4.78, 5) is 17.6. The van der Waals surface area contributed by atoms with Gasteiger partial charge in [0.15, 0.2) is 5.82 Å². The van der Waals surface area contributed by atoms with Crippen LogP contribution in [0.5, 0.6) is 5.75 Å². The number of rotatable bonds is 4. The van der Waals surface area contributed by atoms with Crippen molar-refractivity contribution in [1.29, 1.82) is 0 Å². The number of hydrogen-bond acceptors (Lipinski definition) is 5. The van der Waals surface area contributed by atoms with E-state index < -0.39 is 11.7 Å². The number of fused-ring (bicyclic) bond motifs is 2. The molecular formula is C25H24FN5O2. The van der Waals surface area contributed by atoms with E-state index in [1.165, 1.54) is 6.07 Å². The largest absolute Gasteiger partial charge is 0.497 e. The summed E-state index contributed by atoms with van der Waals surface area (Å²) in [6, 6.07) is 11.9. The molecule has 0 fully saturated rings. The Balaban J connectivity index is 1.46. The molecule has 1 aliphatic rings. The minimum Gasteiger partial charge on any atom is -0.497 e. The fraction of sp³-hybridized carbons (Fsp3) is 0.280. The molecule has 7 nitrogen and oxygen atoms in total. The van der Waals surface area contributed by atoms with E-state index in [4.69, 9.17) is 4.74 Å². The molecule has 0 saturated heterocycles. The van der Waals surface area contributed by atoms with Crippen LogP contribution in [0.1, 0.15) is 41.1 Å². The molecule has 0 saturated carbocycles. The van der Waals surface area contributed by atoms with E-state index in [1.54, 1.807) is 32.2 Å². The molecule has 2 aromatic heterocycles. The van der Waals surface area contributed by atoms with E-state index in [1.807, 2.05) is 18.2 Å². The van der Waals surface area contributed by atoms with Gasteiger partial charge in [0.05, 0.1) is 29.6 Å². The molecule has 8 heteroatoms. The van der Waals surface area contributed by atoms with Crippen molar-refractivity contribution in [3.8, 4) is 17.1 Å². The number of anilines is 1. The molecule has 168 valence electrons. The van der Waals surface area contributed by atoms with Gasteiger partial charge in [0, 0.05) is 30.0 Å². The second-order valence-electron chi connectivity index (χ2n) is 8.23. The molecule has 5 rings (SSSR count). The van der Waals surface area contributed by atoms with Gasteiger partial charge in [0.2, 0.25) is 0 Å². The molecule has 33 heavy (non-hydrogen) atoms. The fourth-order valence-electron chi connectivity index (χ4n) is 4.25. The number of nitrogens with zero attached hydrogens (tertiary/aromatic N) is 4. The van der Waals surface area contributed by atoms with Crippen LogP contribution in [0.15, 0.2) is 42.5 Å². The van der Waals surface area contributed by atoms with E-state index in [9.17, 15) is 9.18 Å². The lowest BCUT2D eigenvalue weighted by atomic mass is 10.1. The van der Waals surface area contributed by atoms with E-state index in [0.29, 0.717) is 28.4 Å². The summed E-state index contributed by atoms with van der Waals surface area (Å²) in [7, 11) is 1.59. The summed E-state index contributed by atoms with van der Waals surface area (Å²) in [5.41, 5.74) is 2.47. The second-order valence-corrected chi connectivity index (χ2v) is 8.23. The Labute approximate surface area is 190 Å². The van der Waals surface area contributed by atoms with Gasteiger partial charge in [-0.15, -0.1) is 10.2 Å². The highest BCUT2D eigenvalue weighted by atomic mass is 19.1. The van der Waals surface area contributed by atoms with Gasteiger partial charge in [-0.1, -0.05) is 6.42 Å². The summed E-state index contributed by atoms with van der Waals surface area (Å²) < 4.78 is 22.0. The summed E-state index contributed by atoms with van der Waals surface area (Å²) in [5.74, 6) is 1.40. The number of carbonyl (C=O) groups excluding carboxylic acids is 1. The van der Waals surface area contributed by atoms with E-state index in [2.05, 4.69) is 25.1 Å². The van der Waals surface area contributed by atoms with Crippen LogP contribution in [-0.2, 0) is 13.0 Å². The number of methoxy groups -OCH3 is 1. The van der Waals surface area contributed by atoms with Crippen LogP contribution in [0.25, 0.3) is 22.3 Å². The van der Waals surface area contributed by atoms with Crippen molar-refractivity contribution in [2.45, 2.75) is 39.2 Å². The highest BCUT2D eigenvalue weighted by Gasteiger charge is 2.19. The van der Waals surface area contributed by atoms with Crippen molar-refractivity contribution >= 4 is 22.5 Å². The summed E-state index contributed by atoms with van der Waals surface area (Å²) >= 11 is 0. The summed E-state index contributed by atoms with van der Waals surface area (Å²) in [6.07, 6.45) is 4.19. The van der Waals surface area contributed by atoms with Gasteiger partial charge >= 0.3 is 0 Å². The van der Waals surface area contributed by atoms with Gasteiger partial charge in [0.1, 0.15) is 17.4 Å². The number of benzene rings is 2. The first-order valence-electron chi connectivity index (χ1n) is 11.0. The lowest BCUT2D eigenvalue weighted by molar-refractivity contribution is 0.102. The average Bonchev–Trinajstić information content (AvgIpc) is 3.07. The van der Waals surface area contributed by atoms with Crippen molar-refractivity contribution in [3.63, 3.8) is 0 Å². The standard InChI is InChI=1S/C25H24FN5O2/c1-15-19(12-16-7-9-18(33-2)14-21(16)27-15)25(32)28-22-13-17(8-10-20(22)26)24-30-29-23-6-4-3-5-11-31(23)24/h7-10,12-14H,3-6,11H2,1-2H3,(H,28,32). The lowest BCUT2D eigenvalue weighted by Gasteiger charge is -2.12. The van der Waals surface area contributed by atoms with Crippen LogP contribution in [0, 0.1) is 12.7 Å². The molecule has 0 unspecified atom stereocenters. The SMILES string of the molecule is COc1ccc2cc(C(=O)Nc3cc(-c4nnc5n4CCCCC5)ccc3F)c(C)nc2c1. The Morgan fingerprint density at radius 2 is 1.97 bits per heavy atom. The monoisotopic (exact) mass is 445 g/mol. The lowest BCUT2D eigenvalue weighted by Crippen LogP contribution is -2.15. The molecule has 1 amide bonds.